The van der Waals surface area contributed by atoms with Gasteiger partial charge < -0.3 is 5.32 Å². The van der Waals surface area contributed by atoms with Crippen molar-refractivity contribution >= 4 is 5.91 Å². The van der Waals surface area contributed by atoms with Crippen LogP contribution in [-0.4, -0.2) is 20.9 Å². The summed E-state index contributed by atoms with van der Waals surface area (Å²) in [5.41, 5.74) is 4.01. The maximum atomic E-state index is 12.4. The summed E-state index contributed by atoms with van der Waals surface area (Å²) in [6, 6.07) is 18.3. The predicted octanol–water partition coefficient (Wildman–Crippen LogP) is 2.74. The monoisotopic (exact) mass is 318 g/mol. The molecule has 0 bridgehead atoms. The van der Waals surface area contributed by atoms with Gasteiger partial charge in [0.25, 0.3) is 5.91 Å². The minimum absolute atomic E-state index is 0.0629. The second-order valence-corrected chi connectivity index (χ2v) is 6.05. The first-order chi connectivity index (χ1) is 11.8. The van der Waals surface area contributed by atoms with Gasteiger partial charge in [0.1, 0.15) is 0 Å². The molecule has 0 aliphatic heterocycles. The molecule has 1 aliphatic rings. The summed E-state index contributed by atoms with van der Waals surface area (Å²) >= 11 is 0. The first-order valence-electron chi connectivity index (χ1n) is 8.12. The molecule has 1 aliphatic carbocycles. The van der Waals surface area contributed by atoms with Crippen molar-refractivity contribution in [2.45, 2.75) is 25.4 Å². The first kappa shape index (κ1) is 14.6. The lowest BCUT2D eigenvalue weighted by Gasteiger charge is -2.12. The topological polar surface area (TPSA) is 59.8 Å². The summed E-state index contributed by atoms with van der Waals surface area (Å²) in [7, 11) is 0. The van der Waals surface area contributed by atoms with Crippen LogP contribution in [0.4, 0.5) is 0 Å². The average Bonchev–Trinajstić information content (AvgIpc) is 3.24. The average molecular weight is 318 g/mol. The van der Waals surface area contributed by atoms with Gasteiger partial charge in [-0.1, -0.05) is 59.8 Å². The predicted molar refractivity (Wildman–Crippen MR) is 90.5 cm³/mol. The van der Waals surface area contributed by atoms with E-state index in [2.05, 4.69) is 27.8 Å². The summed E-state index contributed by atoms with van der Waals surface area (Å²) < 4.78 is 1.69. The zero-order valence-corrected chi connectivity index (χ0v) is 13.2. The molecular weight excluding hydrogens is 300 g/mol. The van der Waals surface area contributed by atoms with E-state index >= 15 is 0 Å². The van der Waals surface area contributed by atoms with Crippen molar-refractivity contribution in [2.24, 2.45) is 0 Å². The molecule has 24 heavy (non-hydrogen) atoms. The van der Waals surface area contributed by atoms with Gasteiger partial charge in [0.2, 0.25) is 0 Å². The van der Waals surface area contributed by atoms with Crippen LogP contribution in [0.3, 0.4) is 0 Å². The lowest BCUT2D eigenvalue weighted by Crippen LogP contribution is -2.27. The summed E-state index contributed by atoms with van der Waals surface area (Å²) in [5.74, 6) is -0.170. The SMILES string of the molecule is O=C(N[C@@H]1CCc2ccccc21)c1cn(Cc2ccccc2)nn1. The summed E-state index contributed by atoms with van der Waals surface area (Å²) in [5, 5.41) is 11.1. The molecule has 5 heteroatoms. The highest BCUT2D eigenvalue weighted by Crippen LogP contribution is 2.30. The van der Waals surface area contributed by atoms with Crippen molar-refractivity contribution in [1.82, 2.24) is 20.3 Å². The molecule has 1 amide bonds. The Morgan fingerprint density at radius 1 is 1.12 bits per heavy atom. The number of carbonyl (C=O) groups excluding carboxylic acids is 1. The minimum atomic E-state index is -0.170. The van der Waals surface area contributed by atoms with Crippen LogP contribution in [-0.2, 0) is 13.0 Å². The zero-order chi connectivity index (χ0) is 16.4. The van der Waals surface area contributed by atoms with Crippen LogP contribution in [0.25, 0.3) is 0 Å². The highest BCUT2D eigenvalue weighted by atomic mass is 16.2. The fourth-order valence-corrected chi connectivity index (χ4v) is 3.19. The van der Waals surface area contributed by atoms with E-state index in [9.17, 15) is 4.79 Å². The van der Waals surface area contributed by atoms with Crippen molar-refractivity contribution in [3.63, 3.8) is 0 Å². The van der Waals surface area contributed by atoms with Crippen LogP contribution < -0.4 is 5.32 Å². The molecule has 120 valence electrons. The minimum Gasteiger partial charge on any atom is -0.344 e. The molecule has 1 N–H and O–H groups in total. The Kier molecular flexibility index (Phi) is 3.83. The van der Waals surface area contributed by atoms with Crippen molar-refractivity contribution in [3.05, 3.63) is 83.2 Å². The highest BCUT2D eigenvalue weighted by Gasteiger charge is 2.24. The summed E-state index contributed by atoms with van der Waals surface area (Å²) in [6.45, 7) is 0.605. The largest absolute Gasteiger partial charge is 0.344 e. The Hall–Kier alpha value is -2.95. The normalized spacial score (nSPS) is 15.9. The Morgan fingerprint density at radius 3 is 2.79 bits per heavy atom. The van der Waals surface area contributed by atoms with E-state index in [0.29, 0.717) is 12.2 Å². The van der Waals surface area contributed by atoms with Crippen LogP contribution in [0, 0.1) is 0 Å². The van der Waals surface area contributed by atoms with E-state index in [1.54, 1.807) is 10.9 Å². The van der Waals surface area contributed by atoms with E-state index in [0.717, 1.165) is 18.4 Å². The molecular formula is C19H18N4O. The molecule has 0 saturated heterocycles. The van der Waals surface area contributed by atoms with Gasteiger partial charge in [0.15, 0.2) is 5.69 Å². The van der Waals surface area contributed by atoms with E-state index in [1.165, 1.54) is 11.1 Å². The summed E-state index contributed by atoms with van der Waals surface area (Å²) in [6.07, 6.45) is 3.63. The third-order valence-electron chi connectivity index (χ3n) is 4.40. The quantitative estimate of drug-likeness (QED) is 0.804. The molecule has 0 unspecified atom stereocenters. The van der Waals surface area contributed by atoms with Crippen LogP contribution in [0.1, 0.15) is 39.6 Å². The molecule has 2 aromatic carbocycles. The van der Waals surface area contributed by atoms with E-state index in [-0.39, 0.29) is 11.9 Å². The highest BCUT2D eigenvalue weighted by molar-refractivity contribution is 5.92. The van der Waals surface area contributed by atoms with Gasteiger partial charge in [-0.3, -0.25) is 4.79 Å². The number of amides is 1. The molecule has 3 aromatic rings. The van der Waals surface area contributed by atoms with Gasteiger partial charge >= 0.3 is 0 Å². The van der Waals surface area contributed by atoms with Crippen molar-refractivity contribution in [3.8, 4) is 0 Å². The van der Waals surface area contributed by atoms with Crippen LogP contribution in [0.5, 0.6) is 0 Å². The second-order valence-electron chi connectivity index (χ2n) is 6.05. The standard InChI is InChI=1S/C19H18N4O/c24-19(20-17-11-10-15-8-4-5-9-16(15)17)18-13-23(22-21-18)12-14-6-2-1-3-7-14/h1-9,13,17H,10-12H2,(H,20,24)/t17-/m1/s1. The van der Waals surface area contributed by atoms with Gasteiger partial charge in [-0.25, -0.2) is 4.68 Å². The van der Waals surface area contributed by atoms with Gasteiger partial charge in [-0.2, -0.15) is 0 Å². The molecule has 5 nitrogen and oxygen atoms in total. The molecule has 0 fully saturated rings. The van der Waals surface area contributed by atoms with Crippen LogP contribution in [0.15, 0.2) is 60.8 Å². The fourth-order valence-electron chi connectivity index (χ4n) is 3.19. The number of fused-ring (bicyclic) bond motifs is 1. The number of aryl methyl sites for hydroxylation is 1. The Labute approximate surface area is 140 Å². The van der Waals surface area contributed by atoms with Gasteiger partial charge in [0, 0.05) is 0 Å². The number of nitrogens with zero attached hydrogens (tertiary/aromatic N) is 3. The fraction of sp³-hybridized carbons (Fsp3) is 0.211. The third kappa shape index (κ3) is 2.93. The number of hydrogen-bond donors (Lipinski definition) is 1. The Bertz CT molecular complexity index is 857. The number of nitrogens with one attached hydrogen (secondary N) is 1. The number of benzene rings is 2. The number of rotatable bonds is 4. The van der Waals surface area contributed by atoms with Gasteiger partial charge in [-0.05, 0) is 29.5 Å². The van der Waals surface area contributed by atoms with Crippen molar-refractivity contribution < 1.29 is 4.79 Å². The van der Waals surface area contributed by atoms with Crippen LogP contribution >= 0.6 is 0 Å². The molecule has 4 rings (SSSR count). The lowest BCUT2D eigenvalue weighted by molar-refractivity contribution is 0.0931. The number of aromatic nitrogens is 3. The number of hydrogen-bond acceptors (Lipinski definition) is 3. The van der Waals surface area contributed by atoms with Crippen molar-refractivity contribution in [1.29, 1.82) is 0 Å². The molecule has 0 spiro atoms. The number of carbonyl (C=O) groups is 1. The maximum Gasteiger partial charge on any atom is 0.273 e. The third-order valence-corrected chi connectivity index (χ3v) is 4.40. The smallest absolute Gasteiger partial charge is 0.273 e. The molecule has 1 atom stereocenters. The van der Waals surface area contributed by atoms with Gasteiger partial charge in [-0.15, -0.1) is 5.10 Å². The Morgan fingerprint density at radius 2 is 1.92 bits per heavy atom. The molecule has 1 aromatic heterocycles. The van der Waals surface area contributed by atoms with E-state index in [1.807, 2.05) is 42.5 Å². The molecule has 1 heterocycles. The molecule has 0 saturated carbocycles. The second kappa shape index (κ2) is 6.28. The van der Waals surface area contributed by atoms with E-state index < -0.39 is 0 Å². The maximum absolute atomic E-state index is 12.4. The van der Waals surface area contributed by atoms with E-state index in [4.69, 9.17) is 0 Å². The molecule has 0 radical (unpaired) electrons. The zero-order valence-electron chi connectivity index (χ0n) is 13.2. The first-order valence-corrected chi connectivity index (χ1v) is 8.12. The Balaban J connectivity index is 1.44. The van der Waals surface area contributed by atoms with Gasteiger partial charge in [0.05, 0.1) is 18.8 Å². The van der Waals surface area contributed by atoms with Crippen LogP contribution in [0.2, 0.25) is 0 Å². The van der Waals surface area contributed by atoms with Crippen molar-refractivity contribution in [2.75, 3.05) is 0 Å². The summed E-state index contributed by atoms with van der Waals surface area (Å²) in [4.78, 5) is 12.4. The lowest BCUT2D eigenvalue weighted by atomic mass is 10.1.